The van der Waals surface area contributed by atoms with Gasteiger partial charge in [-0.1, -0.05) is 18.0 Å². The van der Waals surface area contributed by atoms with Crippen molar-refractivity contribution in [2.45, 2.75) is 38.0 Å². The van der Waals surface area contributed by atoms with Gasteiger partial charge in [0.15, 0.2) is 5.82 Å². The molecule has 0 bridgehead atoms. The van der Waals surface area contributed by atoms with E-state index >= 15 is 0 Å². The van der Waals surface area contributed by atoms with Crippen LogP contribution < -0.4 is 0 Å². The molecule has 0 amide bonds. The van der Waals surface area contributed by atoms with Crippen LogP contribution in [-0.2, 0) is 11.8 Å². The second-order valence-corrected chi connectivity index (χ2v) is 4.94. The van der Waals surface area contributed by atoms with Crippen molar-refractivity contribution in [3.05, 3.63) is 18.3 Å². The summed E-state index contributed by atoms with van der Waals surface area (Å²) < 4.78 is 7.10. The van der Waals surface area contributed by atoms with Crippen LogP contribution in [-0.4, -0.2) is 25.5 Å². The molecule has 1 saturated carbocycles. The van der Waals surface area contributed by atoms with Gasteiger partial charge in [-0.05, 0) is 12.8 Å². The fourth-order valence-corrected chi connectivity index (χ4v) is 2.47. The van der Waals surface area contributed by atoms with Crippen LogP contribution in [0.3, 0.4) is 0 Å². The van der Waals surface area contributed by atoms with Gasteiger partial charge in [0, 0.05) is 25.9 Å². The summed E-state index contributed by atoms with van der Waals surface area (Å²) in [5, 5.41) is 3.94. The van der Waals surface area contributed by atoms with E-state index in [0.717, 1.165) is 25.7 Å². The van der Waals surface area contributed by atoms with Gasteiger partial charge in [-0.25, -0.2) is 4.98 Å². The summed E-state index contributed by atoms with van der Waals surface area (Å²) in [6, 6.07) is 0. The third-order valence-electron chi connectivity index (χ3n) is 3.57. The molecule has 6 nitrogen and oxygen atoms in total. The van der Waals surface area contributed by atoms with E-state index < -0.39 is 0 Å². The number of hydrogen-bond donors (Lipinski definition) is 0. The number of aryl methyl sites for hydroxylation is 1. The highest BCUT2D eigenvalue weighted by Crippen LogP contribution is 2.29. The molecule has 19 heavy (non-hydrogen) atoms. The Balaban J connectivity index is 1.88. The Bertz CT molecular complexity index is 587. The van der Waals surface area contributed by atoms with Gasteiger partial charge >= 0.3 is 0 Å². The first kappa shape index (κ1) is 12.1. The van der Waals surface area contributed by atoms with Crippen molar-refractivity contribution in [1.29, 1.82) is 0 Å². The Morgan fingerprint density at radius 1 is 1.37 bits per heavy atom. The van der Waals surface area contributed by atoms with Crippen LogP contribution in [0.2, 0.25) is 0 Å². The first-order chi connectivity index (χ1) is 9.25. The Kier molecular flexibility index (Phi) is 3.15. The number of carbonyl (C=O) groups excluding carboxylic acids is 1. The average Bonchev–Trinajstić information content (AvgIpc) is 2.97. The van der Waals surface area contributed by atoms with E-state index in [1.165, 1.54) is 0 Å². The van der Waals surface area contributed by atoms with E-state index in [-0.39, 0.29) is 11.7 Å². The van der Waals surface area contributed by atoms with Crippen molar-refractivity contribution >= 4 is 5.78 Å². The fourth-order valence-electron chi connectivity index (χ4n) is 2.47. The quantitative estimate of drug-likeness (QED) is 0.773. The lowest BCUT2D eigenvalue weighted by molar-refractivity contribution is -0.120. The molecule has 2 aromatic heterocycles. The molecule has 1 unspecified atom stereocenters. The van der Waals surface area contributed by atoms with Crippen LogP contribution in [0.1, 0.15) is 43.9 Å². The summed E-state index contributed by atoms with van der Waals surface area (Å²) in [5.41, 5.74) is 0. The molecule has 0 N–H and O–H groups in total. The lowest BCUT2D eigenvalue weighted by Crippen LogP contribution is -2.10. The molecule has 6 heteroatoms. The molecular formula is C13H16N4O2. The molecule has 1 aliphatic rings. The second kappa shape index (κ2) is 4.95. The number of aromatic nitrogens is 4. The van der Waals surface area contributed by atoms with Crippen LogP contribution in [0, 0.1) is 0 Å². The molecule has 1 atom stereocenters. The first-order valence-corrected chi connectivity index (χ1v) is 6.59. The zero-order valence-corrected chi connectivity index (χ0v) is 10.9. The van der Waals surface area contributed by atoms with Crippen LogP contribution in [0.15, 0.2) is 16.9 Å². The minimum atomic E-state index is -0.232. The smallest absolute Gasteiger partial charge is 0.238 e. The number of Topliss-reactive ketones (excluding diaryl/α,β-unsaturated/α-hetero) is 1. The largest absolute Gasteiger partial charge is 0.338 e. The highest BCUT2D eigenvalue weighted by atomic mass is 16.5. The number of hydrogen-bond acceptors (Lipinski definition) is 5. The summed E-state index contributed by atoms with van der Waals surface area (Å²) in [5.74, 6) is 1.51. The van der Waals surface area contributed by atoms with Gasteiger partial charge in [-0.3, -0.25) is 4.79 Å². The van der Waals surface area contributed by atoms with Crippen molar-refractivity contribution in [1.82, 2.24) is 19.7 Å². The van der Waals surface area contributed by atoms with Crippen LogP contribution >= 0.6 is 0 Å². The summed E-state index contributed by atoms with van der Waals surface area (Å²) >= 11 is 0. The molecule has 0 radical (unpaired) electrons. The monoisotopic (exact) mass is 260 g/mol. The zero-order valence-electron chi connectivity index (χ0n) is 10.9. The van der Waals surface area contributed by atoms with Crippen LogP contribution in [0.5, 0.6) is 0 Å². The number of carbonyl (C=O) groups is 1. The molecule has 2 aromatic rings. The van der Waals surface area contributed by atoms with Crippen LogP contribution in [0.25, 0.3) is 11.6 Å². The molecular weight excluding hydrogens is 244 g/mol. The Hall–Kier alpha value is -1.98. The summed E-state index contributed by atoms with van der Waals surface area (Å²) in [6.45, 7) is 0. The Morgan fingerprint density at radius 2 is 2.26 bits per heavy atom. The minimum absolute atomic E-state index is 0.215. The molecule has 1 fully saturated rings. The maximum absolute atomic E-state index is 12.0. The predicted octanol–water partition coefficient (Wildman–Crippen LogP) is 2.09. The molecule has 0 aliphatic heterocycles. The van der Waals surface area contributed by atoms with E-state index in [1.807, 2.05) is 17.8 Å². The SMILES string of the molecule is Cn1ccnc1-c1noc(C2CCCCCC2=O)n1. The first-order valence-electron chi connectivity index (χ1n) is 6.59. The van der Waals surface area contributed by atoms with Gasteiger partial charge < -0.3 is 9.09 Å². The molecule has 2 heterocycles. The molecule has 0 aromatic carbocycles. The maximum atomic E-state index is 12.0. The van der Waals surface area contributed by atoms with Crippen molar-refractivity contribution < 1.29 is 9.32 Å². The number of imidazole rings is 1. The Labute approximate surface area is 110 Å². The molecule has 1 aliphatic carbocycles. The van der Waals surface area contributed by atoms with Crippen molar-refractivity contribution in [2.24, 2.45) is 7.05 Å². The van der Waals surface area contributed by atoms with E-state index in [4.69, 9.17) is 4.52 Å². The van der Waals surface area contributed by atoms with E-state index in [9.17, 15) is 4.79 Å². The summed E-state index contributed by atoms with van der Waals surface area (Å²) in [7, 11) is 1.87. The van der Waals surface area contributed by atoms with Gasteiger partial charge in [0.1, 0.15) is 5.78 Å². The Morgan fingerprint density at radius 3 is 3.05 bits per heavy atom. The summed E-state index contributed by atoms with van der Waals surface area (Å²) in [4.78, 5) is 20.6. The van der Waals surface area contributed by atoms with E-state index in [1.54, 1.807) is 6.20 Å². The van der Waals surface area contributed by atoms with E-state index in [2.05, 4.69) is 15.1 Å². The zero-order chi connectivity index (χ0) is 13.2. The normalized spacial score (nSPS) is 20.5. The van der Waals surface area contributed by atoms with Gasteiger partial charge in [-0.2, -0.15) is 4.98 Å². The molecule has 3 rings (SSSR count). The number of ketones is 1. The van der Waals surface area contributed by atoms with Crippen molar-refractivity contribution in [3.8, 4) is 11.6 Å². The van der Waals surface area contributed by atoms with Crippen molar-refractivity contribution in [3.63, 3.8) is 0 Å². The van der Waals surface area contributed by atoms with Gasteiger partial charge in [0.2, 0.25) is 11.7 Å². The van der Waals surface area contributed by atoms with E-state index in [0.29, 0.717) is 24.0 Å². The molecule has 0 spiro atoms. The lowest BCUT2D eigenvalue weighted by Gasteiger charge is -2.06. The lowest BCUT2D eigenvalue weighted by atomic mass is 9.99. The molecule has 100 valence electrons. The number of nitrogens with zero attached hydrogens (tertiary/aromatic N) is 4. The number of rotatable bonds is 2. The second-order valence-electron chi connectivity index (χ2n) is 4.94. The standard InChI is InChI=1S/C13H16N4O2/c1-17-8-7-14-12(17)11-15-13(19-16-11)9-5-3-2-4-6-10(9)18/h7-9H,2-6H2,1H3. The fraction of sp³-hybridized carbons (Fsp3) is 0.538. The van der Waals surface area contributed by atoms with Crippen LogP contribution in [0.4, 0.5) is 0 Å². The van der Waals surface area contributed by atoms with Gasteiger partial charge in [-0.15, -0.1) is 0 Å². The predicted molar refractivity (Wildman–Crippen MR) is 67.3 cm³/mol. The highest BCUT2D eigenvalue weighted by Gasteiger charge is 2.28. The maximum Gasteiger partial charge on any atom is 0.238 e. The summed E-state index contributed by atoms with van der Waals surface area (Å²) in [6.07, 6.45) is 8.03. The average molecular weight is 260 g/mol. The van der Waals surface area contributed by atoms with Gasteiger partial charge in [0.25, 0.3) is 0 Å². The highest BCUT2D eigenvalue weighted by molar-refractivity contribution is 5.84. The minimum Gasteiger partial charge on any atom is -0.338 e. The van der Waals surface area contributed by atoms with Gasteiger partial charge in [0.05, 0.1) is 5.92 Å². The molecule has 0 saturated heterocycles. The van der Waals surface area contributed by atoms with Crippen molar-refractivity contribution in [2.75, 3.05) is 0 Å². The topological polar surface area (TPSA) is 73.8 Å². The third kappa shape index (κ3) is 2.30. The third-order valence-corrected chi connectivity index (χ3v) is 3.57.